The van der Waals surface area contributed by atoms with Crippen LogP contribution in [0, 0.1) is 17.8 Å². The van der Waals surface area contributed by atoms with E-state index in [1.165, 1.54) is 6.07 Å². The summed E-state index contributed by atoms with van der Waals surface area (Å²) in [7, 11) is 0. The fraction of sp³-hybridized carbons (Fsp3) is 0.296. The number of aromatic nitrogens is 4. The maximum atomic E-state index is 13.4. The number of amides is 3. The highest BCUT2D eigenvalue weighted by Crippen LogP contribution is 2.49. The summed E-state index contributed by atoms with van der Waals surface area (Å²) in [6.07, 6.45) is 2.79. The number of hydrogen-bond acceptors (Lipinski definition) is 5. The van der Waals surface area contributed by atoms with E-state index in [9.17, 15) is 14.4 Å². The van der Waals surface area contributed by atoms with Gasteiger partial charge in [0.15, 0.2) is 5.69 Å². The van der Waals surface area contributed by atoms with Gasteiger partial charge in [-0.2, -0.15) is 5.10 Å². The molecule has 7 rings (SSSR count). The summed E-state index contributed by atoms with van der Waals surface area (Å²) in [6, 6.07) is 14.0. The molecule has 1 aliphatic heterocycles. The number of nitrogens with zero attached hydrogens (tertiary/aromatic N) is 3. The average Bonchev–Trinajstić information content (AvgIpc) is 3.66. The summed E-state index contributed by atoms with van der Waals surface area (Å²) >= 11 is 6.07. The third kappa shape index (κ3) is 3.83. The first-order valence-electron chi connectivity index (χ1n) is 12.7. The van der Waals surface area contributed by atoms with E-state index in [0.717, 1.165) is 36.0 Å². The molecule has 2 aromatic heterocycles. The van der Waals surface area contributed by atoms with Crippen LogP contribution in [0.4, 0.5) is 11.6 Å². The van der Waals surface area contributed by atoms with Gasteiger partial charge >= 0.3 is 0 Å². The van der Waals surface area contributed by atoms with Crippen molar-refractivity contribution in [2.45, 2.75) is 31.8 Å². The van der Waals surface area contributed by atoms with Crippen LogP contribution in [0.1, 0.15) is 45.8 Å². The Labute approximate surface area is 222 Å². The molecule has 3 heterocycles. The topological polar surface area (TPSA) is 134 Å². The summed E-state index contributed by atoms with van der Waals surface area (Å²) in [5.41, 5.74) is 3.56. The van der Waals surface area contributed by atoms with Gasteiger partial charge in [0.05, 0.1) is 23.5 Å². The molecule has 0 saturated heterocycles. The van der Waals surface area contributed by atoms with Crippen molar-refractivity contribution in [1.29, 1.82) is 0 Å². The number of benzene rings is 2. The molecule has 4 N–H and O–H groups in total. The first kappa shape index (κ1) is 23.0. The summed E-state index contributed by atoms with van der Waals surface area (Å²) < 4.78 is 1.55. The Kier molecular flexibility index (Phi) is 5.26. The van der Waals surface area contributed by atoms with Gasteiger partial charge in [0, 0.05) is 22.8 Å². The third-order valence-corrected chi connectivity index (χ3v) is 8.27. The highest BCUT2D eigenvalue weighted by Gasteiger charge is 2.51. The van der Waals surface area contributed by atoms with E-state index in [4.69, 9.17) is 11.6 Å². The molecule has 2 aromatic carbocycles. The zero-order valence-corrected chi connectivity index (χ0v) is 21.0. The van der Waals surface area contributed by atoms with Crippen molar-refractivity contribution < 1.29 is 14.4 Å². The lowest BCUT2D eigenvalue weighted by atomic mass is 9.83. The van der Waals surface area contributed by atoms with Crippen LogP contribution < -0.4 is 16.0 Å². The van der Waals surface area contributed by atoms with Gasteiger partial charge in [-0.3, -0.25) is 24.4 Å². The number of carbonyl (C=O) groups is 3. The van der Waals surface area contributed by atoms with Gasteiger partial charge in [-0.25, -0.2) is 4.98 Å². The number of rotatable bonds is 4. The molecule has 0 radical (unpaired) electrons. The Hall–Kier alpha value is -4.18. The maximum Gasteiger partial charge on any atom is 0.273 e. The van der Waals surface area contributed by atoms with Gasteiger partial charge in [0.25, 0.3) is 11.8 Å². The lowest BCUT2D eigenvalue weighted by Crippen LogP contribution is -2.48. The monoisotopic (exact) mass is 529 g/mol. The number of para-hydroxylation sites is 1. The minimum Gasteiger partial charge on any atom is -0.347 e. The second kappa shape index (κ2) is 8.70. The van der Waals surface area contributed by atoms with E-state index in [0.29, 0.717) is 28.7 Å². The Morgan fingerprint density at radius 2 is 1.92 bits per heavy atom. The van der Waals surface area contributed by atoms with E-state index in [1.807, 2.05) is 24.3 Å². The summed E-state index contributed by atoms with van der Waals surface area (Å²) in [5.74, 6) is -0.514. The minimum atomic E-state index is -0.389. The standard InChI is InChI=1S/C27H24ClN7O3/c28-16-7-8-18-19(10-16)31-27(30-18)33-26(38)22-13-5-6-14(9-13)23(22)32-24(36)20-11-21-25(37)29-17-4-2-1-3-15(17)12-35(21)34-20/h1-4,7-8,10-11,13-14,22-23H,5-6,9,12H2,(H,29,37)(H,32,36)(H2,30,31,33,38)/t13-,14+,22+,23+/m0/s1. The molecule has 3 aliphatic rings. The van der Waals surface area contributed by atoms with Gasteiger partial charge < -0.3 is 15.6 Å². The number of nitrogens with one attached hydrogen (secondary N) is 4. The molecule has 2 bridgehead atoms. The van der Waals surface area contributed by atoms with Crippen LogP contribution in [0.5, 0.6) is 0 Å². The van der Waals surface area contributed by atoms with Crippen LogP contribution >= 0.6 is 11.6 Å². The number of imidazole rings is 1. The van der Waals surface area contributed by atoms with E-state index >= 15 is 0 Å². The molecule has 4 aromatic rings. The van der Waals surface area contributed by atoms with Crippen molar-refractivity contribution >= 4 is 52.0 Å². The number of anilines is 2. The molecule has 2 saturated carbocycles. The van der Waals surface area contributed by atoms with Crippen LogP contribution in [-0.2, 0) is 11.3 Å². The van der Waals surface area contributed by atoms with Crippen molar-refractivity contribution in [3.8, 4) is 0 Å². The Bertz CT molecular complexity index is 1630. The predicted molar refractivity (Wildman–Crippen MR) is 141 cm³/mol. The van der Waals surface area contributed by atoms with E-state index in [-0.39, 0.29) is 47.2 Å². The van der Waals surface area contributed by atoms with Gasteiger partial charge in [-0.15, -0.1) is 0 Å². The first-order chi connectivity index (χ1) is 18.4. The minimum absolute atomic E-state index is 0.158. The summed E-state index contributed by atoms with van der Waals surface area (Å²) in [4.78, 5) is 47.1. The molecule has 0 unspecified atom stereocenters. The van der Waals surface area contributed by atoms with Crippen LogP contribution in [0.2, 0.25) is 5.02 Å². The van der Waals surface area contributed by atoms with Crippen molar-refractivity contribution in [3.05, 3.63) is 70.5 Å². The number of hydrogen-bond donors (Lipinski definition) is 4. The van der Waals surface area contributed by atoms with Gasteiger partial charge in [-0.05, 0) is 60.9 Å². The Morgan fingerprint density at radius 1 is 1.08 bits per heavy atom. The smallest absolute Gasteiger partial charge is 0.273 e. The Morgan fingerprint density at radius 3 is 2.82 bits per heavy atom. The maximum absolute atomic E-state index is 13.4. The number of aromatic amines is 1. The fourth-order valence-electron chi connectivity index (χ4n) is 6.30. The third-order valence-electron chi connectivity index (χ3n) is 8.03. The van der Waals surface area contributed by atoms with Crippen molar-refractivity contribution in [1.82, 2.24) is 25.1 Å². The lowest BCUT2D eigenvalue weighted by Gasteiger charge is -2.30. The van der Waals surface area contributed by atoms with Crippen molar-refractivity contribution in [3.63, 3.8) is 0 Å². The zero-order chi connectivity index (χ0) is 26.0. The van der Waals surface area contributed by atoms with E-state index in [1.54, 1.807) is 22.9 Å². The second-order valence-corrected chi connectivity index (χ2v) is 10.7. The molecule has 192 valence electrons. The quantitative estimate of drug-likeness (QED) is 0.319. The van der Waals surface area contributed by atoms with Crippen LogP contribution in [0.25, 0.3) is 11.0 Å². The zero-order valence-electron chi connectivity index (χ0n) is 20.2. The number of H-pyrrole nitrogens is 1. The molecule has 3 amide bonds. The molecule has 0 spiro atoms. The van der Waals surface area contributed by atoms with Crippen molar-refractivity contribution in [2.75, 3.05) is 10.6 Å². The van der Waals surface area contributed by atoms with E-state index < -0.39 is 0 Å². The number of carbonyl (C=O) groups excluding carboxylic acids is 3. The normalized spacial score (nSPS) is 23.4. The van der Waals surface area contributed by atoms with Crippen LogP contribution in [0.3, 0.4) is 0 Å². The van der Waals surface area contributed by atoms with Gasteiger partial charge in [0.1, 0.15) is 5.69 Å². The van der Waals surface area contributed by atoms with Crippen molar-refractivity contribution in [2.24, 2.45) is 17.8 Å². The number of fused-ring (bicyclic) bond motifs is 5. The van der Waals surface area contributed by atoms with Gasteiger partial charge in [0.2, 0.25) is 11.9 Å². The van der Waals surface area contributed by atoms with Crippen LogP contribution in [0.15, 0.2) is 48.5 Å². The molecule has 38 heavy (non-hydrogen) atoms. The average molecular weight is 530 g/mol. The molecule has 4 atom stereocenters. The predicted octanol–water partition coefficient (Wildman–Crippen LogP) is 3.81. The summed E-state index contributed by atoms with van der Waals surface area (Å²) in [6.45, 7) is 0.374. The fourth-order valence-corrected chi connectivity index (χ4v) is 6.47. The molecule has 2 aliphatic carbocycles. The highest BCUT2D eigenvalue weighted by molar-refractivity contribution is 6.31. The largest absolute Gasteiger partial charge is 0.347 e. The molecule has 11 heteroatoms. The molecular weight excluding hydrogens is 506 g/mol. The SMILES string of the molecule is O=C(N[C@@H]1[C@@H]2CC[C@@H](C2)[C@H]1C(=O)Nc1nc2ccc(Cl)cc2[nH]1)c1cc2n(n1)Cc1ccccc1NC2=O. The Balaban J connectivity index is 1.10. The van der Waals surface area contributed by atoms with Crippen LogP contribution in [-0.4, -0.2) is 43.5 Å². The molecule has 2 fully saturated rings. The van der Waals surface area contributed by atoms with E-state index in [2.05, 4.69) is 31.0 Å². The molecule has 10 nitrogen and oxygen atoms in total. The lowest BCUT2D eigenvalue weighted by molar-refractivity contribution is -0.122. The highest BCUT2D eigenvalue weighted by atomic mass is 35.5. The van der Waals surface area contributed by atoms with Gasteiger partial charge in [-0.1, -0.05) is 29.8 Å². The first-order valence-corrected chi connectivity index (χ1v) is 13.0. The second-order valence-electron chi connectivity index (χ2n) is 10.3. The number of halogens is 1. The summed E-state index contributed by atoms with van der Waals surface area (Å²) in [5, 5.41) is 13.9. The molecular formula is C27H24ClN7O3.